The van der Waals surface area contributed by atoms with Crippen molar-refractivity contribution >= 4 is 11.9 Å². The lowest BCUT2D eigenvalue weighted by Gasteiger charge is -1.92. The number of hydrogen-bond donors (Lipinski definition) is 0. The third-order valence-electron chi connectivity index (χ3n) is 2.51. The van der Waals surface area contributed by atoms with E-state index in [4.69, 9.17) is 0 Å². The Morgan fingerprint density at radius 2 is 1.39 bits per heavy atom. The lowest BCUT2D eigenvalue weighted by atomic mass is 10.1. The largest absolute Gasteiger partial charge is 0.289 e. The van der Waals surface area contributed by atoms with E-state index in [-0.39, 0.29) is 5.78 Å². The topological polar surface area (TPSA) is 17.1 Å². The monoisotopic (exact) mass is 234 g/mol. The Balaban J connectivity index is 1.96. The lowest BCUT2D eigenvalue weighted by Crippen LogP contribution is -1.92. The number of carbonyl (C=O) groups is 1. The van der Waals surface area contributed by atoms with Gasteiger partial charge in [0.2, 0.25) is 0 Å². The minimum absolute atomic E-state index is 0.0216. The van der Waals surface area contributed by atoms with Crippen LogP contribution in [0.2, 0.25) is 0 Å². The van der Waals surface area contributed by atoms with Gasteiger partial charge in [-0.2, -0.15) is 0 Å². The summed E-state index contributed by atoms with van der Waals surface area (Å²) in [6, 6.07) is 19.2. The fraction of sp³-hybridized carbons (Fsp3) is 0. The quantitative estimate of drug-likeness (QED) is 0.441. The summed E-state index contributed by atoms with van der Waals surface area (Å²) >= 11 is 0. The highest BCUT2D eigenvalue weighted by Gasteiger charge is 1.97. The molecule has 0 saturated heterocycles. The molecule has 18 heavy (non-hydrogen) atoms. The van der Waals surface area contributed by atoms with Crippen LogP contribution in [0.1, 0.15) is 15.9 Å². The second-order valence-corrected chi connectivity index (χ2v) is 3.86. The maximum absolute atomic E-state index is 11.7. The highest BCUT2D eigenvalue weighted by Crippen LogP contribution is 2.03. The van der Waals surface area contributed by atoms with Gasteiger partial charge >= 0.3 is 0 Å². The molecule has 0 radical (unpaired) electrons. The number of carbonyl (C=O) groups excluding carboxylic acids is 1. The molecule has 1 nitrogen and oxygen atoms in total. The van der Waals surface area contributed by atoms with E-state index in [0.717, 1.165) is 5.56 Å². The molecule has 2 aromatic rings. The highest BCUT2D eigenvalue weighted by molar-refractivity contribution is 6.04. The second-order valence-electron chi connectivity index (χ2n) is 3.86. The van der Waals surface area contributed by atoms with Crippen molar-refractivity contribution in [1.82, 2.24) is 0 Å². The maximum atomic E-state index is 11.7. The van der Waals surface area contributed by atoms with Gasteiger partial charge in [-0.05, 0) is 11.6 Å². The van der Waals surface area contributed by atoms with Crippen LogP contribution >= 0.6 is 0 Å². The van der Waals surface area contributed by atoms with Crippen LogP contribution in [0, 0.1) is 0 Å². The van der Waals surface area contributed by atoms with Crippen LogP contribution in [0.3, 0.4) is 0 Å². The Bertz CT molecular complexity index is 551. The van der Waals surface area contributed by atoms with Crippen molar-refractivity contribution in [3.8, 4) is 0 Å². The molecule has 2 rings (SSSR count). The molecule has 0 N–H and O–H groups in total. The first-order valence-electron chi connectivity index (χ1n) is 5.85. The summed E-state index contributed by atoms with van der Waals surface area (Å²) in [5.74, 6) is 0.0216. The average Bonchev–Trinajstić information content (AvgIpc) is 2.45. The molecule has 0 spiro atoms. The van der Waals surface area contributed by atoms with Crippen LogP contribution in [0.25, 0.3) is 6.08 Å². The Hall–Kier alpha value is -2.41. The molecule has 0 saturated carbocycles. The normalized spacial score (nSPS) is 11.1. The number of rotatable bonds is 4. The average molecular weight is 234 g/mol. The summed E-state index contributed by atoms with van der Waals surface area (Å²) in [6.07, 6.45) is 7.18. The maximum Gasteiger partial charge on any atom is 0.185 e. The predicted octanol–water partition coefficient (Wildman–Crippen LogP) is 4.14. The van der Waals surface area contributed by atoms with Crippen molar-refractivity contribution in [2.24, 2.45) is 0 Å². The Labute approximate surface area is 107 Å². The first-order chi connectivity index (χ1) is 8.86. The van der Waals surface area contributed by atoms with Crippen LogP contribution in [-0.4, -0.2) is 5.78 Å². The van der Waals surface area contributed by atoms with E-state index >= 15 is 0 Å². The standard InChI is InChI=1S/C17H14O/c18-17(16-12-5-2-6-13-16)14-8-7-11-15-9-3-1-4-10-15/h1-14H/b11-7+,14-8+. The zero-order valence-electron chi connectivity index (χ0n) is 9.99. The van der Waals surface area contributed by atoms with Gasteiger partial charge in [0.25, 0.3) is 0 Å². The van der Waals surface area contributed by atoms with Crippen molar-refractivity contribution in [3.05, 3.63) is 90.0 Å². The highest BCUT2D eigenvalue weighted by atomic mass is 16.1. The van der Waals surface area contributed by atoms with E-state index in [2.05, 4.69) is 0 Å². The number of benzene rings is 2. The van der Waals surface area contributed by atoms with Gasteiger partial charge in [-0.25, -0.2) is 0 Å². The van der Waals surface area contributed by atoms with Gasteiger partial charge in [-0.1, -0.05) is 78.9 Å². The van der Waals surface area contributed by atoms with Crippen molar-refractivity contribution in [3.63, 3.8) is 0 Å². The zero-order chi connectivity index (χ0) is 12.6. The van der Waals surface area contributed by atoms with Gasteiger partial charge in [-0.3, -0.25) is 4.79 Å². The fourth-order valence-corrected chi connectivity index (χ4v) is 1.57. The number of allylic oxidation sites excluding steroid dienone is 3. The van der Waals surface area contributed by atoms with Crippen molar-refractivity contribution < 1.29 is 4.79 Å². The first kappa shape index (κ1) is 12.1. The molecule has 0 aromatic heterocycles. The molecule has 0 atom stereocenters. The molecule has 0 unspecified atom stereocenters. The molecule has 0 fully saturated rings. The summed E-state index contributed by atoms with van der Waals surface area (Å²) in [5, 5.41) is 0. The van der Waals surface area contributed by atoms with Gasteiger partial charge in [-0.15, -0.1) is 0 Å². The van der Waals surface area contributed by atoms with E-state index in [0.29, 0.717) is 5.56 Å². The summed E-state index contributed by atoms with van der Waals surface area (Å²) in [5.41, 5.74) is 1.83. The SMILES string of the molecule is O=C(/C=C/C=C/c1ccccc1)c1ccccc1. The van der Waals surface area contributed by atoms with Gasteiger partial charge in [0, 0.05) is 5.56 Å². The molecule has 0 bridgehead atoms. The molecule has 0 aliphatic rings. The minimum atomic E-state index is 0.0216. The van der Waals surface area contributed by atoms with E-state index in [1.54, 1.807) is 12.2 Å². The Kier molecular flexibility index (Phi) is 4.26. The summed E-state index contributed by atoms with van der Waals surface area (Å²) in [7, 11) is 0. The summed E-state index contributed by atoms with van der Waals surface area (Å²) in [6.45, 7) is 0. The zero-order valence-corrected chi connectivity index (χ0v) is 9.99. The fourth-order valence-electron chi connectivity index (χ4n) is 1.57. The van der Waals surface area contributed by atoms with E-state index < -0.39 is 0 Å². The van der Waals surface area contributed by atoms with E-state index in [1.165, 1.54) is 0 Å². The van der Waals surface area contributed by atoms with Gasteiger partial charge < -0.3 is 0 Å². The van der Waals surface area contributed by atoms with Crippen molar-refractivity contribution in [2.45, 2.75) is 0 Å². The van der Waals surface area contributed by atoms with Gasteiger partial charge in [0.1, 0.15) is 0 Å². The third kappa shape index (κ3) is 3.56. The van der Waals surface area contributed by atoms with Crippen molar-refractivity contribution in [1.29, 1.82) is 0 Å². The molecule has 0 amide bonds. The molecule has 0 aliphatic carbocycles. The summed E-state index contributed by atoms with van der Waals surface area (Å²) in [4.78, 5) is 11.7. The third-order valence-corrected chi connectivity index (χ3v) is 2.51. The molecule has 0 heterocycles. The van der Waals surface area contributed by atoms with Gasteiger partial charge in [0.15, 0.2) is 5.78 Å². The first-order valence-corrected chi connectivity index (χ1v) is 5.85. The molecule has 2 aromatic carbocycles. The van der Waals surface area contributed by atoms with Crippen LogP contribution in [0.4, 0.5) is 0 Å². The van der Waals surface area contributed by atoms with Crippen LogP contribution in [0.5, 0.6) is 0 Å². The Morgan fingerprint density at radius 3 is 2.06 bits per heavy atom. The number of ketones is 1. The van der Waals surface area contributed by atoms with Crippen LogP contribution in [-0.2, 0) is 0 Å². The molecule has 1 heteroatoms. The van der Waals surface area contributed by atoms with Crippen molar-refractivity contribution in [2.75, 3.05) is 0 Å². The molecular formula is C17H14O. The molecular weight excluding hydrogens is 220 g/mol. The second kappa shape index (κ2) is 6.36. The predicted molar refractivity (Wildman–Crippen MR) is 75.4 cm³/mol. The minimum Gasteiger partial charge on any atom is -0.289 e. The van der Waals surface area contributed by atoms with E-state index in [9.17, 15) is 4.79 Å². The van der Waals surface area contributed by atoms with Gasteiger partial charge in [0.05, 0.1) is 0 Å². The summed E-state index contributed by atoms with van der Waals surface area (Å²) < 4.78 is 0. The Morgan fingerprint density at radius 1 is 0.778 bits per heavy atom. The van der Waals surface area contributed by atoms with Crippen LogP contribution in [0.15, 0.2) is 78.9 Å². The molecule has 88 valence electrons. The lowest BCUT2D eigenvalue weighted by molar-refractivity contribution is 0.104. The number of hydrogen-bond acceptors (Lipinski definition) is 1. The molecule has 0 aliphatic heterocycles. The van der Waals surface area contributed by atoms with Crippen LogP contribution < -0.4 is 0 Å². The smallest absolute Gasteiger partial charge is 0.185 e. The van der Waals surface area contributed by atoms with E-state index in [1.807, 2.05) is 72.8 Å².